The van der Waals surface area contributed by atoms with Crippen LogP contribution in [0.2, 0.25) is 0 Å². The van der Waals surface area contributed by atoms with E-state index in [9.17, 15) is 13.2 Å². The Morgan fingerprint density at radius 1 is 1.45 bits per heavy atom. The zero-order valence-corrected chi connectivity index (χ0v) is 12.2. The highest BCUT2D eigenvalue weighted by Gasteiger charge is 2.30. The summed E-state index contributed by atoms with van der Waals surface area (Å²) in [6.07, 6.45) is 0.598. The smallest absolute Gasteiger partial charge is 0.238 e. The molecule has 7 heteroatoms. The van der Waals surface area contributed by atoms with Gasteiger partial charge >= 0.3 is 0 Å². The van der Waals surface area contributed by atoms with Gasteiger partial charge in [0.15, 0.2) is 0 Å². The predicted molar refractivity (Wildman–Crippen MR) is 74.7 cm³/mol. The van der Waals surface area contributed by atoms with Crippen LogP contribution in [0.15, 0.2) is 23.1 Å². The normalized spacial score (nSPS) is 22.8. The van der Waals surface area contributed by atoms with Gasteiger partial charge in [-0.25, -0.2) is 13.6 Å². The molecule has 1 aliphatic rings. The van der Waals surface area contributed by atoms with Crippen molar-refractivity contribution in [3.63, 3.8) is 0 Å². The maximum absolute atomic E-state index is 12.1. The molecular formula is C13H18N2O4S. The van der Waals surface area contributed by atoms with Gasteiger partial charge in [0.1, 0.15) is 0 Å². The summed E-state index contributed by atoms with van der Waals surface area (Å²) in [6, 6.07) is 4.53. The quantitative estimate of drug-likeness (QED) is 0.870. The van der Waals surface area contributed by atoms with Crippen molar-refractivity contribution >= 4 is 21.6 Å². The van der Waals surface area contributed by atoms with Crippen LogP contribution in [0, 0.1) is 12.8 Å². The minimum Gasteiger partial charge on any atom is -0.378 e. The molecule has 0 radical (unpaired) electrons. The van der Waals surface area contributed by atoms with Crippen LogP contribution >= 0.6 is 0 Å². The van der Waals surface area contributed by atoms with E-state index in [-0.39, 0.29) is 22.8 Å². The number of primary sulfonamides is 1. The molecule has 2 unspecified atom stereocenters. The second-order valence-electron chi connectivity index (χ2n) is 4.99. The van der Waals surface area contributed by atoms with Crippen LogP contribution < -0.4 is 10.5 Å². The molecular weight excluding hydrogens is 280 g/mol. The summed E-state index contributed by atoms with van der Waals surface area (Å²) >= 11 is 0. The van der Waals surface area contributed by atoms with Crippen molar-refractivity contribution in [3.05, 3.63) is 23.8 Å². The molecule has 0 aromatic heterocycles. The lowest BCUT2D eigenvalue weighted by Gasteiger charge is -2.15. The topological polar surface area (TPSA) is 98.5 Å². The van der Waals surface area contributed by atoms with Crippen molar-refractivity contribution in [1.29, 1.82) is 0 Å². The number of carbonyl (C=O) groups excluding carboxylic acids is 1. The van der Waals surface area contributed by atoms with E-state index in [1.165, 1.54) is 12.1 Å². The highest BCUT2D eigenvalue weighted by Crippen LogP contribution is 2.23. The lowest BCUT2D eigenvalue weighted by molar-refractivity contribution is -0.121. The molecule has 1 saturated heterocycles. The van der Waals surface area contributed by atoms with Gasteiger partial charge in [-0.1, -0.05) is 0 Å². The molecule has 3 N–H and O–H groups in total. The fraction of sp³-hybridized carbons (Fsp3) is 0.462. The predicted octanol–water partition coefficient (Wildman–Crippen LogP) is 1.01. The van der Waals surface area contributed by atoms with Crippen LogP contribution in [0.4, 0.5) is 5.69 Å². The average Bonchev–Trinajstić information content (AvgIpc) is 2.73. The van der Waals surface area contributed by atoms with Crippen molar-refractivity contribution in [3.8, 4) is 0 Å². The van der Waals surface area contributed by atoms with Gasteiger partial charge in [0.2, 0.25) is 15.9 Å². The first kappa shape index (κ1) is 15.0. The Labute approximate surface area is 118 Å². The number of nitrogens with two attached hydrogens (primary N) is 1. The second kappa shape index (κ2) is 5.51. The largest absolute Gasteiger partial charge is 0.378 e. The molecule has 20 heavy (non-hydrogen) atoms. The Bertz CT molecular complexity index is 627. The summed E-state index contributed by atoms with van der Waals surface area (Å²) in [5.74, 6) is -0.286. The van der Waals surface area contributed by atoms with Crippen LogP contribution in [-0.4, -0.2) is 27.0 Å². The summed E-state index contributed by atoms with van der Waals surface area (Å²) in [7, 11) is -3.74. The Balaban J connectivity index is 2.15. The number of amides is 1. The van der Waals surface area contributed by atoms with Gasteiger partial charge in [0.25, 0.3) is 0 Å². The van der Waals surface area contributed by atoms with Gasteiger partial charge in [-0.05, 0) is 44.0 Å². The number of nitrogens with one attached hydrogen (secondary N) is 1. The number of sulfonamides is 1. The number of rotatable bonds is 3. The minimum atomic E-state index is -3.74. The van der Waals surface area contributed by atoms with Crippen molar-refractivity contribution in [2.45, 2.75) is 31.3 Å². The SMILES string of the molecule is Cc1cc(NC(=O)C2CCOC2C)ccc1S(N)(=O)=O. The van der Waals surface area contributed by atoms with E-state index in [2.05, 4.69) is 5.32 Å². The first-order chi connectivity index (χ1) is 9.29. The van der Waals surface area contributed by atoms with E-state index >= 15 is 0 Å². The number of ether oxygens (including phenoxy) is 1. The summed E-state index contributed by atoms with van der Waals surface area (Å²) in [4.78, 5) is 12.1. The first-order valence-electron chi connectivity index (χ1n) is 6.35. The number of anilines is 1. The zero-order chi connectivity index (χ0) is 14.9. The van der Waals surface area contributed by atoms with Crippen LogP contribution in [0.1, 0.15) is 18.9 Å². The third kappa shape index (κ3) is 3.17. The summed E-state index contributed by atoms with van der Waals surface area (Å²) in [5, 5.41) is 7.87. The molecule has 1 amide bonds. The van der Waals surface area contributed by atoms with E-state index in [1.54, 1.807) is 13.0 Å². The van der Waals surface area contributed by atoms with E-state index in [4.69, 9.17) is 9.88 Å². The molecule has 2 atom stereocenters. The van der Waals surface area contributed by atoms with Gasteiger partial charge in [0, 0.05) is 12.3 Å². The van der Waals surface area contributed by atoms with E-state index < -0.39 is 10.0 Å². The Kier molecular flexibility index (Phi) is 4.12. The minimum absolute atomic E-state index is 0.0630. The molecule has 0 bridgehead atoms. The van der Waals surface area contributed by atoms with E-state index in [1.807, 2.05) is 6.92 Å². The molecule has 6 nitrogen and oxygen atoms in total. The molecule has 2 rings (SSSR count). The summed E-state index contributed by atoms with van der Waals surface area (Å²) in [6.45, 7) is 4.09. The number of carbonyl (C=O) groups is 1. The Hall–Kier alpha value is -1.44. The number of hydrogen-bond donors (Lipinski definition) is 2. The molecule has 1 heterocycles. The Morgan fingerprint density at radius 3 is 2.65 bits per heavy atom. The maximum Gasteiger partial charge on any atom is 0.238 e. The van der Waals surface area contributed by atoms with Crippen LogP contribution in [0.25, 0.3) is 0 Å². The third-order valence-corrected chi connectivity index (χ3v) is 4.53. The van der Waals surface area contributed by atoms with Crippen LogP contribution in [0.5, 0.6) is 0 Å². The maximum atomic E-state index is 12.1. The van der Waals surface area contributed by atoms with Crippen LogP contribution in [0.3, 0.4) is 0 Å². The summed E-state index contributed by atoms with van der Waals surface area (Å²) in [5.41, 5.74) is 1.06. The number of hydrogen-bond acceptors (Lipinski definition) is 4. The Morgan fingerprint density at radius 2 is 2.15 bits per heavy atom. The molecule has 0 spiro atoms. The lowest BCUT2D eigenvalue weighted by Crippen LogP contribution is -2.27. The van der Waals surface area contributed by atoms with Crippen molar-refractivity contribution in [1.82, 2.24) is 0 Å². The standard InChI is InChI=1S/C13H18N2O4S/c1-8-7-10(3-4-12(8)20(14,17)18)15-13(16)11-5-6-19-9(11)2/h3-4,7,9,11H,5-6H2,1-2H3,(H,15,16)(H2,14,17,18). The fourth-order valence-corrected chi connectivity index (χ4v) is 3.12. The highest BCUT2D eigenvalue weighted by atomic mass is 32.2. The number of benzene rings is 1. The van der Waals surface area contributed by atoms with Crippen LogP contribution in [-0.2, 0) is 19.6 Å². The molecule has 1 aromatic carbocycles. The van der Waals surface area contributed by atoms with E-state index in [0.717, 1.165) is 0 Å². The zero-order valence-electron chi connectivity index (χ0n) is 11.4. The molecule has 0 aliphatic carbocycles. The van der Waals surface area contributed by atoms with Gasteiger partial charge in [-0.3, -0.25) is 4.79 Å². The average molecular weight is 298 g/mol. The molecule has 1 aromatic rings. The van der Waals surface area contributed by atoms with E-state index in [0.29, 0.717) is 24.3 Å². The second-order valence-corrected chi connectivity index (χ2v) is 6.52. The first-order valence-corrected chi connectivity index (χ1v) is 7.89. The molecule has 1 aliphatic heterocycles. The molecule has 1 fully saturated rings. The monoisotopic (exact) mass is 298 g/mol. The van der Waals surface area contributed by atoms with Gasteiger partial charge in [-0.2, -0.15) is 0 Å². The number of aryl methyl sites for hydroxylation is 1. The van der Waals surface area contributed by atoms with Crippen molar-refractivity contribution < 1.29 is 17.9 Å². The molecule has 0 saturated carbocycles. The van der Waals surface area contributed by atoms with Gasteiger partial charge in [0.05, 0.1) is 16.9 Å². The lowest BCUT2D eigenvalue weighted by atomic mass is 10.0. The summed E-state index contributed by atoms with van der Waals surface area (Å²) < 4.78 is 28.0. The fourth-order valence-electron chi connectivity index (χ4n) is 2.36. The highest BCUT2D eigenvalue weighted by molar-refractivity contribution is 7.89. The van der Waals surface area contributed by atoms with Crippen molar-refractivity contribution in [2.24, 2.45) is 11.1 Å². The van der Waals surface area contributed by atoms with Gasteiger partial charge < -0.3 is 10.1 Å². The van der Waals surface area contributed by atoms with Gasteiger partial charge in [-0.15, -0.1) is 0 Å². The van der Waals surface area contributed by atoms with Crippen molar-refractivity contribution in [2.75, 3.05) is 11.9 Å². The molecule has 110 valence electrons. The third-order valence-electron chi connectivity index (χ3n) is 3.46.